The maximum atomic E-state index is 12.2. The molecule has 0 saturated carbocycles. The smallest absolute Gasteiger partial charge is 0.240 e. The van der Waals surface area contributed by atoms with E-state index in [0.717, 1.165) is 32.5 Å². The van der Waals surface area contributed by atoms with Crippen molar-refractivity contribution < 1.29 is 9.84 Å². The minimum atomic E-state index is -3.37. The van der Waals surface area contributed by atoms with E-state index in [1.807, 2.05) is 19.9 Å². The first-order valence-corrected chi connectivity index (χ1v) is 8.90. The summed E-state index contributed by atoms with van der Waals surface area (Å²) in [7, 11) is -3.37. The lowest BCUT2D eigenvalue weighted by Gasteiger charge is -2.32. The van der Waals surface area contributed by atoms with Crippen LogP contribution in [0.3, 0.4) is 0 Å². The highest BCUT2D eigenvalue weighted by atomic mass is 32.2. The molecule has 4 nitrogen and oxygen atoms in total. The molecule has 0 aromatic heterocycles. The van der Waals surface area contributed by atoms with Gasteiger partial charge in [-0.1, -0.05) is 39.0 Å². The Kier molecular flexibility index (Phi) is 7.19. The Balaban J connectivity index is 0.00000128. The van der Waals surface area contributed by atoms with Crippen molar-refractivity contribution in [1.82, 2.24) is 9.62 Å². The van der Waals surface area contributed by atoms with Crippen molar-refractivity contribution in [2.45, 2.75) is 44.6 Å². The molecular formula is C15H28N2O2S. The van der Waals surface area contributed by atoms with E-state index in [2.05, 4.69) is 16.5 Å². The molecule has 1 N–H and O–H groups in total. The zero-order chi connectivity index (χ0) is 15.0. The van der Waals surface area contributed by atoms with Crippen molar-refractivity contribution in [3.05, 3.63) is 30.3 Å². The van der Waals surface area contributed by atoms with E-state index in [0.29, 0.717) is 4.90 Å². The maximum absolute atomic E-state index is 12.2. The molecule has 116 valence electrons. The fourth-order valence-electron chi connectivity index (χ4n) is 2.33. The van der Waals surface area contributed by atoms with Crippen LogP contribution in [0.2, 0.25) is 0 Å². The molecular weight excluding hydrogens is 272 g/mol. The molecule has 1 aromatic carbocycles. The van der Waals surface area contributed by atoms with Gasteiger partial charge in [-0.3, -0.25) is 0 Å². The molecule has 1 atom stereocenters. The highest BCUT2D eigenvalue weighted by molar-refractivity contribution is 7.89. The molecule has 1 fully saturated rings. The van der Waals surface area contributed by atoms with Crippen molar-refractivity contribution in [3.8, 4) is 0 Å². The van der Waals surface area contributed by atoms with Gasteiger partial charge < -0.3 is 4.90 Å². The molecule has 2 rings (SSSR count). The zero-order valence-corrected chi connectivity index (χ0v) is 13.5. The molecule has 1 aliphatic rings. The standard InChI is InChI=1S/C13H20N2O2S.C2H6.H2/c1-2-15-10-6-7-12(11-15)14-18(16,17)13-8-4-3-5-9-13;1-2;/h3-5,8-9,12,14H,2,6-7,10-11H2,1H3;1-2H3;1H. The molecule has 1 aromatic rings. The summed E-state index contributed by atoms with van der Waals surface area (Å²) in [5, 5.41) is 0. The number of hydrogen-bond donors (Lipinski definition) is 1. The summed E-state index contributed by atoms with van der Waals surface area (Å²) in [5.74, 6) is 0. The van der Waals surface area contributed by atoms with Gasteiger partial charge in [0.05, 0.1) is 4.90 Å². The van der Waals surface area contributed by atoms with Crippen molar-refractivity contribution in [2.24, 2.45) is 0 Å². The van der Waals surface area contributed by atoms with E-state index in [1.165, 1.54) is 0 Å². The molecule has 5 heteroatoms. The highest BCUT2D eigenvalue weighted by Crippen LogP contribution is 2.14. The Morgan fingerprint density at radius 2 is 1.95 bits per heavy atom. The summed E-state index contributed by atoms with van der Waals surface area (Å²) in [4.78, 5) is 2.63. The van der Waals surface area contributed by atoms with Crippen LogP contribution in [0.25, 0.3) is 0 Å². The molecule has 0 radical (unpaired) electrons. The van der Waals surface area contributed by atoms with Crippen LogP contribution in [0.5, 0.6) is 0 Å². The third kappa shape index (κ3) is 4.89. The summed E-state index contributed by atoms with van der Waals surface area (Å²) in [6.07, 6.45) is 1.97. The first kappa shape index (κ1) is 17.1. The third-order valence-electron chi connectivity index (χ3n) is 3.33. The third-order valence-corrected chi connectivity index (χ3v) is 4.86. The van der Waals surface area contributed by atoms with Crippen LogP contribution in [0.15, 0.2) is 35.2 Å². The van der Waals surface area contributed by atoms with Crippen LogP contribution in [0.1, 0.15) is 35.0 Å². The van der Waals surface area contributed by atoms with E-state index in [1.54, 1.807) is 24.3 Å². The Morgan fingerprint density at radius 1 is 1.30 bits per heavy atom. The summed E-state index contributed by atoms with van der Waals surface area (Å²) >= 11 is 0. The van der Waals surface area contributed by atoms with Gasteiger partial charge in [0.15, 0.2) is 0 Å². The predicted molar refractivity (Wildman–Crippen MR) is 85.4 cm³/mol. The quantitative estimate of drug-likeness (QED) is 0.930. The minimum absolute atomic E-state index is 0. The molecule has 0 amide bonds. The minimum Gasteiger partial charge on any atom is -0.302 e. The fourth-order valence-corrected chi connectivity index (χ4v) is 3.61. The van der Waals surface area contributed by atoms with E-state index < -0.39 is 10.0 Å². The second kappa shape index (κ2) is 8.39. The average molecular weight is 300 g/mol. The van der Waals surface area contributed by atoms with Gasteiger partial charge in [-0.05, 0) is 38.1 Å². The first-order chi connectivity index (χ1) is 9.62. The van der Waals surface area contributed by atoms with Gasteiger partial charge in [-0.2, -0.15) is 0 Å². The Labute approximate surface area is 124 Å². The van der Waals surface area contributed by atoms with Crippen LogP contribution < -0.4 is 4.72 Å². The van der Waals surface area contributed by atoms with Gasteiger partial charge >= 0.3 is 0 Å². The number of likely N-dealkylation sites (N-methyl/N-ethyl adjacent to an activating group) is 1. The Bertz CT molecular complexity index is 480. The number of sulfonamides is 1. The summed E-state index contributed by atoms with van der Waals surface area (Å²) in [6, 6.07) is 8.59. The van der Waals surface area contributed by atoms with E-state index in [4.69, 9.17) is 0 Å². The van der Waals surface area contributed by atoms with Crippen molar-refractivity contribution in [2.75, 3.05) is 19.6 Å². The lowest BCUT2D eigenvalue weighted by molar-refractivity contribution is 0.211. The molecule has 0 aliphatic carbocycles. The second-order valence-corrected chi connectivity index (χ2v) is 6.38. The number of likely N-dealkylation sites (tertiary alicyclic amines) is 1. The monoisotopic (exact) mass is 300 g/mol. The molecule has 0 spiro atoms. The fraction of sp³-hybridized carbons (Fsp3) is 0.600. The zero-order valence-electron chi connectivity index (χ0n) is 12.7. The van der Waals surface area contributed by atoms with E-state index in [9.17, 15) is 8.42 Å². The van der Waals surface area contributed by atoms with Gasteiger partial charge in [0.1, 0.15) is 0 Å². The number of piperidine rings is 1. The SMILES string of the molecule is CC.CCN1CCCC(NS(=O)(=O)c2ccccc2)C1.[HH]. The topological polar surface area (TPSA) is 49.4 Å². The Morgan fingerprint density at radius 3 is 2.55 bits per heavy atom. The first-order valence-electron chi connectivity index (χ1n) is 7.41. The van der Waals surface area contributed by atoms with Gasteiger partial charge in [0.2, 0.25) is 10.0 Å². The van der Waals surface area contributed by atoms with Crippen LogP contribution in [-0.4, -0.2) is 39.0 Å². The summed E-state index contributed by atoms with van der Waals surface area (Å²) in [6.45, 7) is 8.96. The number of benzene rings is 1. The summed E-state index contributed by atoms with van der Waals surface area (Å²) in [5.41, 5.74) is 0. The molecule has 1 saturated heterocycles. The normalized spacial score (nSPS) is 20.1. The van der Waals surface area contributed by atoms with Crippen molar-refractivity contribution in [3.63, 3.8) is 0 Å². The number of nitrogens with one attached hydrogen (secondary N) is 1. The lowest BCUT2D eigenvalue weighted by atomic mass is 10.1. The number of nitrogens with zero attached hydrogens (tertiary/aromatic N) is 1. The largest absolute Gasteiger partial charge is 0.302 e. The van der Waals surface area contributed by atoms with Gasteiger partial charge in [-0.25, -0.2) is 13.1 Å². The van der Waals surface area contributed by atoms with Gasteiger partial charge in [0.25, 0.3) is 0 Å². The molecule has 1 unspecified atom stereocenters. The van der Waals surface area contributed by atoms with E-state index in [-0.39, 0.29) is 7.47 Å². The average Bonchev–Trinajstić information content (AvgIpc) is 2.50. The number of hydrogen-bond acceptors (Lipinski definition) is 3. The van der Waals surface area contributed by atoms with Crippen LogP contribution in [0, 0.1) is 0 Å². The number of rotatable bonds is 4. The van der Waals surface area contributed by atoms with Crippen LogP contribution in [-0.2, 0) is 10.0 Å². The lowest BCUT2D eigenvalue weighted by Crippen LogP contribution is -2.47. The highest BCUT2D eigenvalue weighted by Gasteiger charge is 2.24. The van der Waals surface area contributed by atoms with E-state index >= 15 is 0 Å². The molecule has 0 bridgehead atoms. The van der Waals surface area contributed by atoms with Gasteiger partial charge in [-0.15, -0.1) is 0 Å². The van der Waals surface area contributed by atoms with Gasteiger partial charge in [0, 0.05) is 14.0 Å². The molecule has 1 heterocycles. The molecule has 20 heavy (non-hydrogen) atoms. The maximum Gasteiger partial charge on any atom is 0.240 e. The molecule has 1 aliphatic heterocycles. The van der Waals surface area contributed by atoms with Crippen molar-refractivity contribution >= 4 is 10.0 Å². The van der Waals surface area contributed by atoms with Crippen molar-refractivity contribution in [1.29, 1.82) is 0 Å². The predicted octanol–water partition coefficient (Wildman–Crippen LogP) is 2.72. The Hall–Kier alpha value is -0.910. The van der Waals surface area contributed by atoms with Crippen LogP contribution >= 0.6 is 0 Å². The van der Waals surface area contributed by atoms with Crippen LogP contribution in [0.4, 0.5) is 0 Å². The second-order valence-electron chi connectivity index (χ2n) is 4.67. The summed E-state index contributed by atoms with van der Waals surface area (Å²) < 4.78 is 27.1.